The maximum atomic E-state index is 13.4. The highest BCUT2D eigenvalue weighted by atomic mass is 32.2. The molecule has 0 saturated carbocycles. The molecule has 1 heterocycles. The fourth-order valence-corrected chi connectivity index (χ4v) is 6.48. The number of rotatable bonds is 8. The molecule has 1 N–H and O–H groups in total. The quantitative estimate of drug-likeness (QED) is 0.238. The lowest BCUT2D eigenvalue weighted by Gasteiger charge is -2.09. The molecule has 0 aliphatic rings. The van der Waals surface area contributed by atoms with Crippen LogP contribution in [0.4, 0.5) is 0 Å². The normalized spacial score (nSPS) is 12.7. The zero-order chi connectivity index (χ0) is 25.3. The third-order valence-corrected chi connectivity index (χ3v) is 9.19. The molecule has 5 aromatic rings. The molecule has 182 valence electrons. The molecule has 1 unspecified atom stereocenters. The molecule has 1 atom stereocenters. The van der Waals surface area contributed by atoms with Gasteiger partial charge in [-0.25, -0.2) is 8.42 Å². The van der Waals surface area contributed by atoms with E-state index in [0.717, 1.165) is 38.6 Å². The van der Waals surface area contributed by atoms with Crippen molar-refractivity contribution in [3.05, 3.63) is 96.6 Å². The number of aliphatic carboxylic acids is 1. The minimum atomic E-state index is -3.72. The van der Waals surface area contributed by atoms with Gasteiger partial charge in [-0.2, -0.15) is 11.8 Å². The van der Waals surface area contributed by atoms with Gasteiger partial charge in [-0.1, -0.05) is 67.6 Å². The third-order valence-electron chi connectivity index (χ3n) is 6.15. The first-order chi connectivity index (χ1) is 17.3. The molecule has 1 aromatic heterocycles. The van der Waals surface area contributed by atoms with Gasteiger partial charge in [0.1, 0.15) is 11.2 Å². The maximum Gasteiger partial charge on any atom is 0.307 e. The summed E-state index contributed by atoms with van der Waals surface area (Å²) in [5, 5.41) is 11.0. The average molecular weight is 517 g/mol. The summed E-state index contributed by atoms with van der Waals surface area (Å²) in [6, 6.07) is 27.5. The van der Waals surface area contributed by atoms with Gasteiger partial charge in [-0.15, -0.1) is 0 Å². The predicted octanol–water partition coefficient (Wildman–Crippen LogP) is 7.04. The number of carboxylic acids is 1. The number of sulfone groups is 1. The summed E-state index contributed by atoms with van der Waals surface area (Å²) in [6.07, 6.45) is 0. The smallest absolute Gasteiger partial charge is 0.307 e. The number of fused-ring (bicyclic) bond motifs is 3. The minimum Gasteiger partial charge on any atom is -0.481 e. The Morgan fingerprint density at radius 1 is 0.889 bits per heavy atom. The largest absolute Gasteiger partial charge is 0.481 e. The molecule has 36 heavy (non-hydrogen) atoms. The van der Waals surface area contributed by atoms with Crippen LogP contribution in [-0.4, -0.2) is 25.2 Å². The molecule has 7 heteroatoms. The molecule has 0 saturated heterocycles. The summed E-state index contributed by atoms with van der Waals surface area (Å²) >= 11 is 1.52. The zero-order valence-electron chi connectivity index (χ0n) is 19.5. The molecule has 0 aliphatic carbocycles. The summed E-state index contributed by atoms with van der Waals surface area (Å²) in [4.78, 5) is 11.4. The summed E-state index contributed by atoms with van der Waals surface area (Å²) in [5.74, 6) is -0.121. The van der Waals surface area contributed by atoms with Crippen molar-refractivity contribution in [3.8, 4) is 11.1 Å². The van der Waals surface area contributed by atoms with Crippen molar-refractivity contribution in [1.82, 2.24) is 0 Å². The van der Waals surface area contributed by atoms with Gasteiger partial charge in [-0.05, 0) is 41.5 Å². The van der Waals surface area contributed by atoms with Crippen LogP contribution in [0.1, 0.15) is 12.5 Å². The van der Waals surface area contributed by atoms with Gasteiger partial charge in [0.25, 0.3) is 0 Å². The Labute approximate surface area is 213 Å². The highest BCUT2D eigenvalue weighted by Crippen LogP contribution is 2.36. The van der Waals surface area contributed by atoms with Crippen LogP contribution in [0.25, 0.3) is 33.1 Å². The fourth-order valence-electron chi connectivity index (χ4n) is 4.13. The standard InChI is InChI=1S/C29H24O5S2/c1-19(29(30)31)17-35-18-20-12-14-22(15-13-20)36(32,33)23-7-4-6-21(16-23)24-9-5-10-26-25-8-2-3-11-27(25)34-28(24)26/h2-16,19H,17-18H2,1H3,(H,30,31). The second-order valence-corrected chi connectivity index (χ2v) is 11.7. The first-order valence-electron chi connectivity index (χ1n) is 11.5. The molecule has 0 amide bonds. The minimum absolute atomic E-state index is 0.213. The van der Waals surface area contributed by atoms with Crippen molar-refractivity contribution in [1.29, 1.82) is 0 Å². The Bertz CT molecular complexity index is 1670. The first-order valence-corrected chi connectivity index (χ1v) is 14.1. The summed E-state index contributed by atoms with van der Waals surface area (Å²) in [6.45, 7) is 1.67. The zero-order valence-corrected chi connectivity index (χ0v) is 21.2. The van der Waals surface area contributed by atoms with E-state index in [1.165, 1.54) is 11.8 Å². The Morgan fingerprint density at radius 3 is 2.39 bits per heavy atom. The van der Waals surface area contributed by atoms with Crippen LogP contribution < -0.4 is 0 Å². The summed E-state index contributed by atoms with van der Waals surface area (Å²) in [7, 11) is -3.72. The van der Waals surface area contributed by atoms with E-state index in [2.05, 4.69) is 0 Å². The fraction of sp³-hybridized carbons (Fsp3) is 0.138. The van der Waals surface area contributed by atoms with Gasteiger partial charge in [0.05, 0.1) is 15.7 Å². The van der Waals surface area contributed by atoms with Gasteiger partial charge >= 0.3 is 5.97 Å². The van der Waals surface area contributed by atoms with Gasteiger partial charge in [0.2, 0.25) is 9.84 Å². The predicted molar refractivity (Wildman–Crippen MR) is 144 cm³/mol. The Kier molecular flexibility index (Phi) is 6.60. The van der Waals surface area contributed by atoms with Crippen molar-refractivity contribution < 1.29 is 22.7 Å². The molecular formula is C29H24O5S2. The van der Waals surface area contributed by atoms with Crippen molar-refractivity contribution in [2.45, 2.75) is 22.5 Å². The van der Waals surface area contributed by atoms with Crippen molar-refractivity contribution in [2.75, 3.05) is 5.75 Å². The first kappa shape index (κ1) is 24.2. The Hall–Kier alpha value is -3.55. The molecule has 0 bridgehead atoms. The van der Waals surface area contributed by atoms with Gasteiger partial charge in [0.15, 0.2) is 0 Å². The van der Waals surface area contributed by atoms with Crippen LogP contribution in [0, 0.1) is 5.92 Å². The number of carbonyl (C=O) groups is 1. The van der Waals surface area contributed by atoms with Crippen LogP contribution in [0.5, 0.6) is 0 Å². The van der Waals surface area contributed by atoms with Crippen molar-refractivity contribution in [2.24, 2.45) is 5.92 Å². The topological polar surface area (TPSA) is 84.6 Å². The second kappa shape index (κ2) is 9.84. The van der Waals surface area contributed by atoms with E-state index in [-0.39, 0.29) is 9.79 Å². The van der Waals surface area contributed by atoms with E-state index >= 15 is 0 Å². The average Bonchev–Trinajstić information content (AvgIpc) is 3.28. The monoisotopic (exact) mass is 516 g/mol. The highest BCUT2D eigenvalue weighted by molar-refractivity contribution is 7.98. The number of para-hydroxylation sites is 2. The van der Waals surface area contributed by atoms with Crippen LogP contribution in [0.2, 0.25) is 0 Å². The lowest BCUT2D eigenvalue weighted by Crippen LogP contribution is -2.11. The van der Waals surface area contributed by atoms with Gasteiger partial charge in [-0.3, -0.25) is 4.79 Å². The molecular weight excluding hydrogens is 492 g/mol. The van der Waals surface area contributed by atoms with E-state index in [0.29, 0.717) is 11.5 Å². The second-order valence-electron chi connectivity index (χ2n) is 8.71. The summed E-state index contributed by atoms with van der Waals surface area (Å²) in [5.41, 5.74) is 4.07. The highest BCUT2D eigenvalue weighted by Gasteiger charge is 2.20. The van der Waals surface area contributed by atoms with Crippen LogP contribution in [-0.2, 0) is 20.4 Å². The van der Waals surface area contributed by atoms with Crippen LogP contribution in [0.3, 0.4) is 0 Å². The van der Waals surface area contributed by atoms with Crippen molar-refractivity contribution in [3.63, 3.8) is 0 Å². The SMILES string of the molecule is CC(CSCc1ccc(S(=O)(=O)c2cccc(-c3cccc4c3oc3ccccc34)c2)cc1)C(=O)O. The molecule has 0 fully saturated rings. The summed E-state index contributed by atoms with van der Waals surface area (Å²) < 4.78 is 33.0. The number of benzene rings is 4. The van der Waals surface area contributed by atoms with E-state index in [4.69, 9.17) is 9.52 Å². The van der Waals surface area contributed by atoms with E-state index in [9.17, 15) is 13.2 Å². The number of carboxylic acid groups (broad SMARTS) is 1. The van der Waals surface area contributed by atoms with Crippen LogP contribution >= 0.6 is 11.8 Å². The Morgan fingerprint density at radius 2 is 1.61 bits per heavy atom. The Balaban J connectivity index is 1.42. The maximum absolute atomic E-state index is 13.4. The number of thioether (sulfide) groups is 1. The third kappa shape index (κ3) is 4.64. The van der Waals surface area contributed by atoms with Gasteiger partial charge < -0.3 is 9.52 Å². The van der Waals surface area contributed by atoms with Crippen molar-refractivity contribution >= 4 is 49.5 Å². The van der Waals surface area contributed by atoms with E-state index in [1.807, 2.05) is 48.5 Å². The number of hydrogen-bond acceptors (Lipinski definition) is 5. The molecule has 5 nitrogen and oxygen atoms in total. The van der Waals surface area contributed by atoms with Crippen LogP contribution in [0.15, 0.2) is 105 Å². The number of hydrogen-bond donors (Lipinski definition) is 1. The van der Waals surface area contributed by atoms with E-state index in [1.54, 1.807) is 49.4 Å². The lowest BCUT2D eigenvalue weighted by molar-refractivity contribution is -0.140. The molecule has 0 spiro atoms. The lowest BCUT2D eigenvalue weighted by atomic mass is 10.0. The molecule has 4 aromatic carbocycles. The molecule has 5 rings (SSSR count). The molecule has 0 aliphatic heterocycles. The van der Waals surface area contributed by atoms with E-state index < -0.39 is 21.7 Å². The molecule has 0 radical (unpaired) electrons. The number of furan rings is 1. The van der Waals surface area contributed by atoms with Gasteiger partial charge in [0, 0.05) is 27.8 Å².